The van der Waals surface area contributed by atoms with Crippen LogP contribution in [0, 0.1) is 6.92 Å². The first kappa shape index (κ1) is 11.6. The molecule has 2 N–H and O–H groups in total. The first-order chi connectivity index (χ1) is 8.25. The highest BCUT2D eigenvalue weighted by atomic mass is 16.5. The lowest BCUT2D eigenvalue weighted by molar-refractivity contribution is 0.289. The molecule has 3 nitrogen and oxygen atoms in total. The fraction of sp³-hybridized carbons (Fsp3) is 0.214. The largest absolute Gasteiger partial charge is 0.490 e. The number of nitrogens with two attached hydrogens (primary N) is 1. The van der Waals surface area contributed by atoms with Crippen molar-refractivity contribution in [2.75, 3.05) is 6.61 Å². The van der Waals surface area contributed by atoms with Gasteiger partial charge in [-0.2, -0.15) is 0 Å². The van der Waals surface area contributed by atoms with Gasteiger partial charge in [0.05, 0.1) is 12.2 Å². The van der Waals surface area contributed by atoms with Gasteiger partial charge in [0.2, 0.25) is 0 Å². The predicted octanol–water partition coefficient (Wildman–Crippen LogP) is 2.47. The fourth-order valence-electron chi connectivity index (χ4n) is 1.52. The summed E-state index contributed by atoms with van der Waals surface area (Å²) in [5.41, 5.74) is 8.08. The van der Waals surface area contributed by atoms with E-state index in [9.17, 15) is 0 Å². The van der Waals surface area contributed by atoms with E-state index in [4.69, 9.17) is 10.5 Å². The Kier molecular flexibility index (Phi) is 3.73. The number of nitrogens with zero attached hydrogens (tertiary/aromatic N) is 1. The van der Waals surface area contributed by atoms with Crippen LogP contribution in [0.25, 0.3) is 0 Å². The van der Waals surface area contributed by atoms with Crippen LogP contribution in [0.15, 0.2) is 48.7 Å². The highest BCUT2D eigenvalue weighted by Gasteiger charge is 2.05. The Balaban J connectivity index is 1.92. The van der Waals surface area contributed by atoms with E-state index >= 15 is 0 Å². The minimum Gasteiger partial charge on any atom is -0.490 e. The quantitative estimate of drug-likeness (QED) is 0.874. The maximum absolute atomic E-state index is 6.03. The predicted molar refractivity (Wildman–Crippen MR) is 67.8 cm³/mol. The topological polar surface area (TPSA) is 48.1 Å². The van der Waals surface area contributed by atoms with E-state index in [0.717, 1.165) is 17.0 Å². The summed E-state index contributed by atoms with van der Waals surface area (Å²) in [5.74, 6) is 0.752. The van der Waals surface area contributed by atoms with E-state index in [1.807, 2.05) is 49.4 Å². The van der Waals surface area contributed by atoms with Gasteiger partial charge in [0.1, 0.15) is 12.4 Å². The number of pyridine rings is 1. The zero-order valence-electron chi connectivity index (χ0n) is 9.84. The maximum atomic E-state index is 6.03. The van der Waals surface area contributed by atoms with Crippen molar-refractivity contribution in [2.24, 2.45) is 5.73 Å². The SMILES string of the molecule is Cc1ccc(OCC(N)c2ccccc2)cn1. The van der Waals surface area contributed by atoms with Crippen LogP contribution in [0.5, 0.6) is 5.75 Å². The number of ether oxygens (including phenoxy) is 1. The summed E-state index contributed by atoms with van der Waals surface area (Å²) in [6, 6.07) is 13.6. The molecule has 0 saturated heterocycles. The second kappa shape index (κ2) is 5.46. The van der Waals surface area contributed by atoms with Crippen molar-refractivity contribution in [1.29, 1.82) is 0 Å². The number of hydrogen-bond donors (Lipinski definition) is 1. The minimum absolute atomic E-state index is 0.113. The van der Waals surface area contributed by atoms with Crippen LogP contribution < -0.4 is 10.5 Å². The van der Waals surface area contributed by atoms with Crippen LogP contribution in [0.1, 0.15) is 17.3 Å². The Hall–Kier alpha value is -1.87. The molecular formula is C14H16N2O. The van der Waals surface area contributed by atoms with Crippen LogP contribution in [-0.4, -0.2) is 11.6 Å². The van der Waals surface area contributed by atoms with Gasteiger partial charge in [-0.3, -0.25) is 4.98 Å². The number of aromatic nitrogens is 1. The Bertz CT molecular complexity index is 453. The molecule has 0 aliphatic rings. The van der Waals surface area contributed by atoms with Crippen molar-refractivity contribution in [3.05, 3.63) is 59.9 Å². The smallest absolute Gasteiger partial charge is 0.137 e. The van der Waals surface area contributed by atoms with Crippen LogP contribution in [0.4, 0.5) is 0 Å². The summed E-state index contributed by atoms with van der Waals surface area (Å²) in [6.07, 6.45) is 1.72. The lowest BCUT2D eigenvalue weighted by Gasteiger charge is -2.13. The Labute approximate surface area is 101 Å². The second-order valence-corrected chi connectivity index (χ2v) is 3.96. The average molecular weight is 228 g/mol. The molecule has 1 unspecified atom stereocenters. The molecule has 1 aromatic carbocycles. The third-order valence-corrected chi connectivity index (χ3v) is 2.54. The summed E-state index contributed by atoms with van der Waals surface area (Å²) in [4.78, 5) is 4.16. The van der Waals surface area contributed by atoms with Crippen molar-refractivity contribution in [3.63, 3.8) is 0 Å². The van der Waals surface area contributed by atoms with Crippen LogP contribution in [0.3, 0.4) is 0 Å². The number of rotatable bonds is 4. The molecule has 0 spiro atoms. The van der Waals surface area contributed by atoms with E-state index in [-0.39, 0.29) is 6.04 Å². The van der Waals surface area contributed by atoms with E-state index in [1.165, 1.54) is 0 Å². The molecule has 17 heavy (non-hydrogen) atoms. The number of hydrogen-bond acceptors (Lipinski definition) is 3. The average Bonchev–Trinajstić information content (AvgIpc) is 2.39. The third-order valence-electron chi connectivity index (χ3n) is 2.54. The minimum atomic E-state index is -0.113. The normalized spacial score (nSPS) is 12.1. The van der Waals surface area contributed by atoms with Crippen molar-refractivity contribution in [3.8, 4) is 5.75 Å². The van der Waals surface area contributed by atoms with E-state index in [2.05, 4.69) is 4.98 Å². The van der Waals surface area contributed by atoms with Crippen molar-refractivity contribution < 1.29 is 4.74 Å². The van der Waals surface area contributed by atoms with Gasteiger partial charge in [0.15, 0.2) is 0 Å². The first-order valence-electron chi connectivity index (χ1n) is 5.61. The van der Waals surface area contributed by atoms with Gasteiger partial charge in [-0.05, 0) is 24.6 Å². The molecule has 0 saturated carbocycles. The summed E-state index contributed by atoms with van der Waals surface area (Å²) in [6.45, 7) is 2.40. The molecule has 0 bridgehead atoms. The van der Waals surface area contributed by atoms with E-state index < -0.39 is 0 Å². The fourth-order valence-corrected chi connectivity index (χ4v) is 1.52. The van der Waals surface area contributed by atoms with E-state index in [1.54, 1.807) is 6.20 Å². The monoisotopic (exact) mass is 228 g/mol. The molecule has 0 aliphatic heterocycles. The number of benzene rings is 1. The molecule has 2 aromatic rings. The molecule has 88 valence electrons. The molecule has 3 heteroatoms. The van der Waals surface area contributed by atoms with Crippen molar-refractivity contribution in [1.82, 2.24) is 4.98 Å². The van der Waals surface area contributed by atoms with Crippen molar-refractivity contribution in [2.45, 2.75) is 13.0 Å². The van der Waals surface area contributed by atoms with Crippen LogP contribution in [-0.2, 0) is 0 Å². The maximum Gasteiger partial charge on any atom is 0.137 e. The Morgan fingerprint density at radius 1 is 1.18 bits per heavy atom. The lowest BCUT2D eigenvalue weighted by atomic mass is 10.1. The van der Waals surface area contributed by atoms with Gasteiger partial charge in [0, 0.05) is 5.69 Å². The van der Waals surface area contributed by atoms with Crippen molar-refractivity contribution >= 4 is 0 Å². The molecule has 0 radical (unpaired) electrons. The lowest BCUT2D eigenvalue weighted by Crippen LogP contribution is -2.18. The molecule has 0 fully saturated rings. The summed E-state index contributed by atoms with van der Waals surface area (Å²) < 4.78 is 5.59. The zero-order valence-corrected chi connectivity index (χ0v) is 9.84. The van der Waals surface area contributed by atoms with Gasteiger partial charge in [-0.15, -0.1) is 0 Å². The zero-order chi connectivity index (χ0) is 12.1. The molecule has 0 aliphatic carbocycles. The Morgan fingerprint density at radius 2 is 1.94 bits per heavy atom. The van der Waals surface area contributed by atoms with Gasteiger partial charge < -0.3 is 10.5 Å². The summed E-state index contributed by atoms with van der Waals surface area (Å²) in [5, 5.41) is 0. The highest BCUT2D eigenvalue weighted by Crippen LogP contribution is 2.13. The van der Waals surface area contributed by atoms with Crippen LogP contribution in [0.2, 0.25) is 0 Å². The molecule has 1 atom stereocenters. The Morgan fingerprint density at radius 3 is 2.59 bits per heavy atom. The highest BCUT2D eigenvalue weighted by molar-refractivity contribution is 5.21. The van der Waals surface area contributed by atoms with E-state index in [0.29, 0.717) is 6.61 Å². The second-order valence-electron chi connectivity index (χ2n) is 3.96. The molecule has 0 amide bonds. The molecule has 2 rings (SSSR count). The van der Waals surface area contributed by atoms with Crippen LogP contribution >= 0.6 is 0 Å². The van der Waals surface area contributed by atoms with Gasteiger partial charge in [0.25, 0.3) is 0 Å². The van der Waals surface area contributed by atoms with Gasteiger partial charge >= 0.3 is 0 Å². The van der Waals surface area contributed by atoms with Gasteiger partial charge in [-0.1, -0.05) is 30.3 Å². The van der Waals surface area contributed by atoms with Gasteiger partial charge in [-0.25, -0.2) is 0 Å². The first-order valence-corrected chi connectivity index (χ1v) is 5.61. The molecule has 1 aromatic heterocycles. The standard InChI is InChI=1S/C14H16N2O/c1-11-7-8-13(9-16-11)17-10-14(15)12-5-3-2-4-6-12/h2-9,14H,10,15H2,1H3. The molecular weight excluding hydrogens is 212 g/mol. The molecule has 1 heterocycles. The third kappa shape index (κ3) is 3.29. The number of aryl methyl sites for hydroxylation is 1. The summed E-state index contributed by atoms with van der Waals surface area (Å²) in [7, 11) is 0. The summed E-state index contributed by atoms with van der Waals surface area (Å²) >= 11 is 0.